The van der Waals surface area contributed by atoms with Crippen LogP contribution in [0.15, 0.2) is 158 Å². The van der Waals surface area contributed by atoms with Crippen molar-refractivity contribution in [1.29, 1.82) is 10.5 Å². The van der Waals surface area contributed by atoms with Gasteiger partial charge in [-0.25, -0.2) is 4.90 Å². The third-order valence-electron chi connectivity index (χ3n) is 9.83. The molecule has 0 bridgehead atoms. The molecule has 0 N–H and O–H groups in total. The molecule has 7 aromatic carbocycles. The summed E-state index contributed by atoms with van der Waals surface area (Å²) in [5, 5.41) is 20.9. The van der Waals surface area contributed by atoms with Crippen LogP contribution in [0, 0.1) is 22.7 Å². The molecule has 8 aromatic rings. The highest BCUT2D eigenvalue weighted by Crippen LogP contribution is 2.45. The number of benzene rings is 7. The molecule has 0 atom stereocenters. The summed E-state index contributed by atoms with van der Waals surface area (Å²) in [7, 11) is 0. The zero-order valence-electron chi connectivity index (χ0n) is 27.6. The Balaban J connectivity index is 1.32. The van der Waals surface area contributed by atoms with Crippen molar-refractivity contribution in [2.45, 2.75) is 0 Å². The van der Waals surface area contributed by atoms with Gasteiger partial charge in [0.2, 0.25) is 0 Å². The van der Waals surface area contributed by atoms with Crippen molar-refractivity contribution in [3.8, 4) is 51.2 Å². The number of hydrogen-bond donors (Lipinski definition) is 0. The number of anilines is 1. The van der Waals surface area contributed by atoms with E-state index in [1.165, 1.54) is 4.90 Å². The molecule has 0 saturated carbocycles. The molecule has 2 amide bonds. The molecule has 0 saturated heterocycles. The number of aromatic nitrogens is 1. The molecule has 6 nitrogen and oxygen atoms in total. The summed E-state index contributed by atoms with van der Waals surface area (Å²) in [6.45, 7) is 0. The van der Waals surface area contributed by atoms with E-state index in [2.05, 4.69) is 28.8 Å². The van der Waals surface area contributed by atoms with Crippen LogP contribution in [0.5, 0.6) is 0 Å². The first kappa shape index (κ1) is 30.5. The third kappa shape index (κ3) is 4.64. The second-order valence-corrected chi connectivity index (χ2v) is 12.6. The fourth-order valence-electron chi connectivity index (χ4n) is 7.50. The summed E-state index contributed by atoms with van der Waals surface area (Å²) in [6, 6.07) is 54.3. The summed E-state index contributed by atoms with van der Waals surface area (Å²) in [4.78, 5) is 30.3. The molecule has 9 rings (SSSR count). The number of amides is 2. The van der Waals surface area contributed by atoms with E-state index in [-0.39, 0.29) is 11.8 Å². The van der Waals surface area contributed by atoms with Crippen LogP contribution in [0.2, 0.25) is 0 Å². The predicted molar refractivity (Wildman–Crippen MR) is 204 cm³/mol. The molecule has 242 valence electrons. The van der Waals surface area contributed by atoms with Gasteiger partial charge in [0.1, 0.15) is 0 Å². The molecule has 0 radical (unpaired) electrons. The molecule has 1 aromatic heterocycles. The Morgan fingerprint density at radius 1 is 0.404 bits per heavy atom. The van der Waals surface area contributed by atoms with E-state index in [4.69, 9.17) is 0 Å². The molecule has 2 heterocycles. The smallest absolute Gasteiger partial charge is 0.268 e. The Morgan fingerprint density at radius 2 is 0.865 bits per heavy atom. The minimum atomic E-state index is -0.388. The topological polar surface area (TPSA) is 89.9 Å². The third-order valence-corrected chi connectivity index (χ3v) is 9.83. The molecule has 0 unspecified atom stereocenters. The minimum Gasteiger partial charge on any atom is -0.308 e. The Kier molecular flexibility index (Phi) is 7.10. The number of nitriles is 2. The lowest BCUT2D eigenvalue weighted by Gasteiger charge is -2.18. The van der Waals surface area contributed by atoms with Crippen LogP contribution in [0.1, 0.15) is 31.8 Å². The predicted octanol–water partition coefficient (Wildman–Crippen LogP) is 10.3. The van der Waals surface area contributed by atoms with E-state index < -0.39 is 0 Å². The van der Waals surface area contributed by atoms with Crippen molar-refractivity contribution in [2.75, 3.05) is 4.90 Å². The van der Waals surface area contributed by atoms with E-state index in [0.717, 1.165) is 55.2 Å². The Hall–Kier alpha value is -7.54. The van der Waals surface area contributed by atoms with E-state index in [1.54, 1.807) is 6.07 Å². The van der Waals surface area contributed by atoms with Crippen molar-refractivity contribution >= 4 is 39.3 Å². The molecular formula is C46H26N4O2. The van der Waals surface area contributed by atoms with Crippen LogP contribution in [0.25, 0.3) is 60.9 Å². The first-order chi connectivity index (χ1) is 25.6. The van der Waals surface area contributed by atoms with Gasteiger partial charge in [-0.1, -0.05) is 103 Å². The standard InChI is InChI=1S/C46H26N4O2/c47-27-29-19-23-32(24-20-29)35-12-6-16-39-42(35)43-36(33-25-21-30(28-48)22-26-33)13-7-17-40(43)49(39)41-18-8-14-37-44(41)46(52)50(45(37)51)38-15-5-4-11-34(38)31-9-2-1-3-10-31/h1-26H. The lowest BCUT2D eigenvalue weighted by molar-refractivity contribution is 0.0926. The number of carbonyl (C=O) groups is 2. The normalized spacial score (nSPS) is 12.2. The van der Waals surface area contributed by atoms with Crippen LogP contribution in [0.4, 0.5) is 5.69 Å². The first-order valence-corrected chi connectivity index (χ1v) is 16.8. The van der Waals surface area contributed by atoms with Crippen molar-refractivity contribution in [3.63, 3.8) is 0 Å². The lowest BCUT2D eigenvalue weighted by Crippen LogP contribution is -2.30. The highest BCUT2D eigenvalue weighted by Gasteiger charge is 2.40. The maximum atomic E-state index is 14.7. The van der Waals surface area contributed by atoms with Gasteiger partial charge in [-0.3, -0.25) is 9.59 Å². The van der Waals surface area contributed by atoms with Gasteiger partial charge in [-0.05, 0) is 82.4 Å². The second kappa shape index (κ2) is 12.1. The van der Waals surface area contributed by atoms with Crippen molar-refractivity contribution < 1.29 is 9.59 Å². The van der Waals surface area contributed by atoms with Crippen molar-refractivity contribution in [3.05, 3.63) is 180 Å². The zero-order chi connectivity index (χ0) is 35.3. The molecule has 1 aliphatic rings. The summed E-state index contributed by atoms with van der Waals surface area (Å²) in [6.07, 6.45) is 0. The van der Waals surface area contributed by atoms with E-state index >= 15 is 0 Å². The maximum Gasteiger partial charge on any atom is 0.268 e. The van der Waals surface area contributed by atoms with Gasteiger partial charge in [0.25, 0.3) is 11.8 Å². The summed E-state index contributed by atoms with van der Waals surface area (Å²) < 4.78 is 2.08. The molecule has 0 spiro atoms. The average molecular weight is 667 g/mol. The highest BCUT2D eigenvalue weighted by molar-refractivity contribution is 6.36. The van der Waals surface area contributed by atoms with Gasteiger partial charge in [0, 0.05) is 16.3 Å². The van der Waals surface area contributed by atoms with E-state index in [9.17, 15) is 20.1 Å². The first-order valence-electron chi connectivity index (χ1n) is 16.8. The Morgan fingerprint density at radius 3 is 1.44 bits per heavy atom. The van der Waals surface area contributed by atoms with Crippen molar-refractivity contribution in [2.24, 2.45) is 0 Å². The largest absolute Gasteiger partial charge is 0.308 e. The summed E-state index contributed by atoms with van der Waals surface area (Å²) in [5.41, 5.74) is 10.1. The summed E-state index contributed by atoms with van der Waals surface area (Å²) >= 11 is 0. The van der Waals surface area contributed by atoms with Gasteiger partial charge in [-0.15, -0.1) is 0 Å². The molecule has 6 heteroatoms. The van der Waals surface area contributed by atoms with E-state index in [0.29, 0.717) is 33.6 Å². The van der Waals surface area contributed by atoms with Crippen LogP contribution < -0.4 is 4.90 Å². The number of carbonyl (C=O) groups excluding carboxylic acids is 2. The fraction of sp³-hybridized carbons (Fsp3) is 0. The second-order valence-electron chi connectivity index (χ2n) is 12.6. The number of fused-ring (bicyclic) bond motifs is 4. The summed E-state index contributed by atoms with van der Waals surface area (Å²) in [5.74, 6) is -0.761. The van der Waals surface area contributed by atoms with Gasteiger partial charge in [0.15, 0.2) is 0 Å². The molecule has 52 heavy (non-hydrogen) atoms. The molecular weight excluding hydrogens is 641 g/mol. The van der Waals surface area contributed by atoms with Crippen molar-refractivity contribution in [1.82, 2.24) is 4.57 Å². The number of hydrogen-bond acceptors (Lipinski definition) is 4. The number of rotatable bonds is 5. The molecule has 0 aliphatic carbocycles. The van der Waals surface area contributed by atoms with Gasteiger partial charge >= 0.3 is 0 Å². The van der Waals surface area contributed by atoms with Crippen LogP contribution in [-0.2, 0) is 0 Å². The maximum absolute atomic E-state index is 14.7. The lowest BCUT2D eigenvalue weighted by atomic mass is 9.94. The minimum absolute atomic E-state index is 0.335. The molecule has 1 aliphatic heterocycles. The number of nitrogens with zero attached hydrogens (tertiary/aromatic N) is 4. The fourth-order valence-corrected chi connectivity index (χ4v) is 7.50. The van der Waals surface area contributed by atoms with E-state index in [1.807, 2.05) is 140 Å². The monoisotopic (exact) mass is 666 g/mol. The molecule has 0 fully saturated rings. The van der Waals surface area contributed by atoms with Crippen LogP contribution >= 0.6 is 0 Å². The Bertz CT molecular complexity index is 2720. The van der Waals surface area contributed by atoms with Crippen LogP contribution in [0.3, 0.4) is 0 Å². The average Bonchev–Trinajstić information content (AvgIpc) is 3.69. The van der Waals surface area contributed by atoms with Crippen LogP contribution in [-0.4, -0.2) is 16.4 Å². The quantitative estimate of drug-likeness (QED) is 0.171. The Labute approximate surface area is 299 Å². The zero-order valence-corrected chi connectivity index (χ0v) is 27.6. The highest BCUT2D eigenvalue weighted by atomic mass is 16.2. The van der Waals surface area contributed by atoms with Gasteiger partial charge in [0.05, 0.1) is 56.8 Å². The van der Waals surface area contributed by atoms with Gasteiger partial charge in [-0.2, -0.15) is 10.5 Å². The SMILES string of the molecule is N#Cc1ccc(-c2cccc3c2c2c(-c4ccc(C#N)cc4)cccc2n3-c2cccc3c2C(=O)N(c2ccccc2-c2ccccc2)C3=O)cc1. The number of para-hydroxylation sites is 1. The van der Waals surface area contributed by atoms with Gasteiger partial charge < -0.3 is 4.57 Å². The number of imide groups is 1.